The first-order chi connectivity index (χ1) is 9.56. The van der Waals surface area contributed by atoms with Gasteiger partial charge in [0.2, 0.25) is 5.91 Å². The van der Waals surface area contributed by atoms with Crippen LogP contribution in [0.5, 0.6) is 0 Å². The Kier molecular flexibility index (Phi) is 4.57. The third-order valence-electron chi connectivity index (χ3n) is 2.97. The number of carbonyl (C=O) groups excluding carboxylic acids is 2. The molecular weight excluding hydrogens is 256 g/mol. The van der Waals surface area contributed by atoms with E-state index in [0.717, 1.165) is 5.69 Å². The maximum atomic E-state index is 11.7. The summed E-state index contributed by atoms with van der Waals surface area (Å²) in [5.41, 5.74) is 1.48. The number of benzene rings is 1. The Balaban J connectivity index is 1.99. The highest BCUT2D eigenvalue weighted by molar-refractivity contribution is 5.96. The molecule has 0 spiro atoms. The molecule has 0 aliphatic carbocycles. The fourth-order valence-corrected chi connectivity index (χ4v) is 1.97. The van der Waals surface area contributed by atoms with Crippen LogP contribution in [0.15, 0.2) is 24.3 Å². The van der Waals surface area contributed by atoms with Crippen LogP contribution >= 0.6 is 0 Å². The van der Waals surface area contributed by atoms with Gasteiger partial charge in [0, 0.05) is 30.5 Å². The minimum atomic E-state index is -0.102. The van der Waals surface area contributed by atoms with E-state index in [9.17, 15) is 9.59 Å². The van der Waals surface area contributed by atoms with Crippen LogP contribution in [-0.4, -0.2) is 37.6 Å². The van der Waals surface area contributed by atoms with Crippen molar-refractivity contribution < 1.29 is 9.59 Å². The predicted octanol–water partition coefficient (Wildman–Crippen LogP) is 1.15. The summed E-state index contributed by atoms with van der Waals surface area (Å²) in [7, 11) is 0. The Morgan fingerprint density at radius 3 is 2.90 bits per heavy atom. The first-order valence-corrected chi connectivity index (χ1v) is 6.75. The van der Waals surface area contributed by atoms with Gasteiger partial charge in [-0.15, -0.1) is 0 Å². The third-order valence-corrected chi connectivity index (χ3v) is 2.97. The molecule has 1 aromatic carbocycles. The van der Waals surface area contributed by atoms with Crippen molar-refractivity contribution in [2.45, 2.75) is 19.9 Å². The first kappa shape index (κ1) is 14.3. The standard InChI is InChI=1S/C14H20N4O2/c1-10(2)16-9-13(19)17-11-4-3-5-12(8-11)18-7-6-15-14(18)20/h3-5,8,10,16H,6-7,9H2,1-2H3,(H,15,20)(H,17,19). The molecule has 0 unspecified atom stereocenters. The molecule has 3 amide bonds. The smallest absolute Gasteiger partial charge is 0.321 e. The summed E-state index contributed by atoms with van der Waals surface area (Å²) in [6, 6.07) is 7.46. The van der Waals surface area contributed by atoms with Crippen molar-refractivity contribution >= 4 is 23.3 Å². The lowest BCUT2D eigenvalue weighted by Gasteiger charge is -2.15. The zero-order chi connectivity index (χ0) is 14.5. The number of urea groups is 1. The molecule has 0 radical (unpaired) electrons. The van der Waals surface area contributed by atoms with E-state index >= 15 is 0 Å². The highest BCUT2D eigenvalue weighted by atomic mass is 16.2. The number of rotatable bonds is 5. The Morgan fingerprint density at radius 2 is 2.25 bits per heavy atom. The predicted molar refractivity (Wildman–Crippen MR) is 79.0 cm³/mol. The Labute approximate surface area is 118 Å². The zero-order valence-corrected chi connectivity index (χ0v) is 11.8. The van der Waals surface area contributed by atoms with Crippen LogP contribution < -0.4 is 20.9 Å². The molecule has 0 bridgehead atoms. The van der Waals surface area contributed by atoms with Crippen LogP contribution in [0, 0.1) is 0 Å². The van der Waals surface area contributed by atoms with Gasteiger partial charge < -0.3 is 16.0 Å². The van der Waals surface area contributed by atoms with E-state index in [-0.39, 0.29) is 24.5 Å². The van der Waals surface area contributed by atoms with Crippen LogP contribution in [0.2, 0.25) is 0 Å². The fourth-order valence-electron chi connectivity index (χ4n) is 1.97. The van der Waals surface area contributed by atoms with E-state index in [2.05, 4.69) is 16.0 Å². The summed E-state index contributed by atoms with van der Waals surface area (Å²) >= 11 is 0. The van der Waals surface area contributed by atoms with Gasteiger partial charge in [-0.25, -0.2) is 4.79 Å². The van der Waals surface area contributed by atoms with E-state index < -0.39 is 0 Å². The second kappa shape index (κ2) is 6.38. The van der Waals surface area contributed by atoms with Crippen molar-refractivity contribution in [1.29, 1.82) is 0 Å². The average molecular weight is 276 g/mol. The summed E-state index contributed by atoms with van der Waals surface area (Å²) < 4.78 is 0. The van der Waals surface area contributed by atoms with Gasteiger partial charge in [0.05, 0.1) is 6.54 Å². The zero-order valence-electron chi connectivity index (χ0n) is 11.8. The number of amides is 3. The monoisotopic (exact) mass is 276 g/mol. The fraction of sp³-hybridized carbons (Fsp3) is 0.429. The van der Waals surface area contributed by atoms with Crippen molar-refractivity contribution in [1.82, 2.24) is 10.6 Å². The van der Waals surface area contributed by atoms with Crippen LogP contribution in [0.3, 0.4) is 0 Å². The SMILES string of the molecule is CC(C)NCC(=O)Nc1cccc(N2CCNC2=O)c1. The highest BCUT2D eigenvalue weighted by Crippen LogP contribution is 2.20. The van der Waals surface area contributed by atoms with Gasteiger partial charge in [-0.3, -0.25) is 9.69 Å². The summed E-state index contributed by atoms with van der Waals surface area (Å²) in [4.78, 5) is 25.0. The second-order valence-corrected chi connectivity index (χ2v) is 5.02. The minimum Gasteiger partial charge on any atom is -0.336 e. The van der Waals surface area contributed by atoms with Crippen molar-refractivity contribution in [3.63, 3.8) is 0 Å². The van der Waals surface area contributed by atoms with E-state index in [1.807, 2.05) is 32.0 Å². The number of nitrogens with one attached hydrogen (secondary N) is 3. The molecule has 0 aromatic heterocycles. The second-order valence-electron chi connectivity index (χ2n) is 5.02. The van der Waals surface area contributed by atoms with Crippen LogP contribution in [-0.2, 0) is 4.79 Å². The largest absolute Gasteiger partial charge is 0.336 e. The van der Waals surface area contributed by atoms with Crippen LogP contribution in [0.25, 0.3) is 0 Å². The molecule has 3 N–H and O–H groups in total. The summed E-state index contributed by atoms with van der Waals surface area (Å²) in [6.07, 6.45) is 0. The average Bonchev–Trinajstić information content (AvgIpc) is 2.83. The van der Waals surface area contributed by atoms with Gasteiger partial charge >= 0.3 is 6.03 Å². The third kappa shape index (κ3) is 3.71. The molecule has 6 heteroatoms. The molecular formula is C14H20N4O2. The summed E-state index contributed by atoms with van der Waals surface area (Å²) in [5.74, 6) is -0.0956. The Hall–Kier alpha value is -2.08. The first-order valence-electron chi connectivity index (χ1n) is 6.75. The lowest BCUT2D eigenvalue weighted by Crippen LogP contribution is -2.32. The quantitative estimate of drug-likeness (QED) is 0.755. The molecule has 2 rings (SSSR count). The van der Waals surface area contributed by atoms with Crippen molar-refractivity contribution in [2.24, 2.45) is 0 Å². The maximum absolute atomic E-state index is 11.7. The van der Waals surface area contributed by atoms with Crippen molar-refractivity contribution in [2.75, 3.05) is 29.9 Å². The molecule has 6 nitrogen and oxygen atoms in total. The topological polar surface area (TPSA) is 73.5 Å². The molecule has 1 aliphatic rings. The molecule has 1 aliphatic heterocycles. The number of hydrogen-bond donors (Lipinski definition) is 3. The van der Waals surface area contributed by atoms with Gasteiger partial charge in [0.1, 0.15) is 0 Å². The summed E-state index contributed by atoms with van der Waals surface area (Å²) in [5, 5.41) is 8.62. The van der Waals surface area contributed by atoms with Crippen LogP contribution in [0.1, 0.15) is 13.8 Å². The van der Waals surface area contributed by atoms with Gasteiger partial charge in [-0.1, -0.05) is 19.9 Å². The number of anilines is 2. The molecule has 108 valence electrons. The molecule has 1 saturated heterocycles. The Bertz CT molecular complexity index is 502. The van der Waals surface area contributed by atoms with Gasteiger partial charge in [-0.2, -0.15) is 0 Å². The molecule has 1 aromatic rings. The molecule has 0 atom stereocenters. The maximum Gasteiger partial charge on any atom is 0.321 e. The van der Waals surface area contributed by atoms with E-state index in [0.29, 0.717) is 18.8 Å². The molecule has 0 saturated carbocycles. The summed E-state index contributed by atoms with van der Waals surface area (Å²) in [6.45, 7) is 5.53. The lowest BCUT2D eigenvalue weighted by atomic mass is 10.2. The minimum absolute atomic E-state index is 0.0956. The van der Waals surface area contributed by atoms with Gasteiger partial charge in [0.15, 0.2) is 0 Å². The van der Waals surface area contributed by atoms with E-state index in [1.54, 1.807) is 11.0 Å². The normalized spacial score (nSPS) is 14.6. The number of hydrogen-bond acceptors (Lipinski definition) is 3. The van der Waals surface area contributed by atoms with E-state index in [1.165, 1.54) is 0 Å². The highest BCUT2D eigenvalue weighted by Gasteiger charge is 2.21. The van der Waals surface area contributed by atoms with Crippen molar-refractivity contribution in [3.8, 4) is 0 Å². The molecule has 1 heterocycles. The van der Waals surface area contributed by atoms with Gasteiger partial charge in [0.25, 0.3) is 0 Å². The van der Waals surface area contributed by atoms with E-state index in [4.69, 9.17) is 0 Å². The Morgan fingerprint density at radius 1 is 1.45 bits per heavy atom. The van der Waals surface area contributed by atoms with Crippen molar-refractivity contribution in [3.05, 3.63) is 24.3 Å². The lowest BCUT2D eigenvalue weighted by molar-refractivity contribution is -0.115. The number of carbonyl (C=O) groups is 2. The molecule has 1 fully saturated rings. The van der Waals surface area contributed by atoms with Crippen LogP contribution in [0.4, 0.5) is 16.2 Å². The molecule has 20 heavy (non-hydrogen) atoms. The van der Waals surface area contributed by atoms with Gasteiger partial charge in [-0.05, 0) is 18.2 Å². The number of nitrogens with zero attached hydrogens (tertiary/aromatic N) is 1.